The van der Waals surface area contributed by atoms with Crippen LogP contribution in [0.2, 0.25) is 0 Å². The molecule has 20 heavy (non-hydrogen) atoms. The topological polar surface area (TPSA) is 76.2 Å². The maximum Gasteiger partial charge on any atom is 0.315 e. The molecule has 104 valence electrons. The van der Waals surface area contributed by atoms with E-state index < -0.39 is 17.2 Å². The number of halogens is 1. The molecule has 2 aromatic rings. The summed E-state index contributed by atoms with van der Waals surface area (Å²) >= 11 is 0. The molecule has 0 aliphatic rings. The normalized spacial score (nSPS) is 13.7. The van der Waals surface area contributed by atoms with Gasteiger partial charge in [-0.15, -0.1) is 0 Å². The highest BCUT2D eigenvalue weighted by Gasteiger charge is 2.41. The van der Waals surface area contributed by atoms with E-state index in [9.17, 15) is 14.3 Å². The van der Waals surface area contributed by atoms with Gasteiger partial charge in [-0.2, -0.15) is 0 Å². The quantitative estimate of drug-likeness (QED) is 0.870. The number of carboxylic acid groups (broad SMARTS) is 1. The molecule has 1 aromatic carbocycles. The molecule has 5 heteroatoms. The molecule has 0 aliphatic carbocycles. The van der Waals surface area contributed by atoms with Crippen molar-refractivity contribution in [2.75, 3.05) is 6.54 Å². The summed E-state index contributed by atoms with van der Waals surface area (Å²) in [6.45, 7) is -0.208. The van der Waals surface area contributed by atoms with Crippen LogP contribution in [0.3, 0.4) is 0 Å². The highest BCUT2D eigenvalue weighted by Crippen LogP contribution is 2.29. The number of nitrogens with two attached hydrogens (primary N) is 1. The molecule has 0 bridgehead atoms. The third kappa shape index (κ3) is 2.53. The van der Waals surface area contributed by atoms with Crippen molar-refractivity contribution in [1.82, 2.24) is 4.98 Å². The average Bonchev–Trinajstić information content (AvgIpc) is 2.46. The number of aromatic nitrogens is 1. The molecule has 0 fully saturated rings. The van der Waals surface area contributed by atoms with Crippen molar-refractivity contribution in [3.8, 4) is 0 Å². The Labute approximate surface area is 116 Å². The molecule has 3 N–H and O–H groups in total. The molecule has 0 saturated heterocycles. The van der Waals surface area contributed by atoms with Crippen LogP contribution in [0.5, 0.6) is 0 Å². The maximum absolute atomic E-state index is 14.0. The molecule has 0 amide bonds. The molecule has 2 rings (SSSR count). The first kappa shape index (κ1) is 14.1. The van der Waals surface area contributed by atoms with Crippen LogP contribution >= 0.6 is 0 Å². The third-order valence-electron chi connectivity index (χ3n) is 3.36. The zero-order valence-corrected chi connectivity index (χ0v) is 10.8. The molecule has 1 atom stereocenters. The maximum atomic E-state index is 14.0. The molecule has 4 nitrogen and oxygen atoms in total. The number of aliphatic carboxylic acids is 1. The van der Waals surface area contributed by atoms with Crippen LogP contribution in [0.4, 0.5) is 4.39 Å². The molecule has 0 radical (unpaired) electrons. The van der Waals surface area contributed by atoms with Crippen LogP contribution in [-0.2, 0) is 16.6 Å². The molecule has 0 saturated carbocycles. The van der Waals surface area contributed by atoms with E-state index in [0.29, 0.717) is 5.69 Å². The van der Waals surface area contributed by atoms with Crippen molar-refractivity contribution >= 4 is 5.97 Å². The fraction of sp³-hybridized carbons (Fsp3) is 0.200. The second-order valence-electron chi connectivity index (χ2n) is 4.57. The van der Waals surface area contributed by atoms with E-state index in [0.717, 1.165) is 0 Å². The van der Waals surface area contributed by atoms with Gasteiger partial charge in [0.05, 0.1) is 0 Å². The van der Waals surface area contributed by atoms with E-state index >= 15 is 0 Å². The van der Waals surface area contributed by atoms with Gasteiger partial charge in [0.1, 0.15) is 11.2 Å². The Kier molecular flexibility index (Phi) is 4.10. The SMILES string of the molecule is NCC(Cc1ccccn1)(C(=O)O)c1ccccc1F. The average molecular weight is 274 g/mol. The van der Waals surface area contributed by atoms with Gasteiger partial charge < -0.3 is 10.8 Å². The summed E-state index contributed by atoms with van der Waals surface area (Å²) in [6, 6.07) is 11.0. The van der Waals surface area contributed by atoms with E-state index in [2.05, 4.69) is 4.98 Å². The highest BCUT2D eigenvalue weighted by atomic mass is 19.1. The zero-order valence-electron chi connectivity index (χ0n) is 10.8. The fourth-order valence-corrected chi connectivity index (χ4v) is 2.22. The summed E-state index contributed by atoms with van der Waals surface area (Å²) in [5.74, 6) is -1.73. The molecule has 1 heterocycles. The van der Waals surface area contributed by atoms with Crippen LogP contribution in [0.25, 0.3) is 0 Å². The lowest BCUT2D eigenvalue weighted by Crippen LogP contribution is -2.45. The lowest BCUT2D eigenvalue weighted by molar-refractivity contribution is -0.143. The van der Waals surface area contributed by atoms with Gasteiger partial charge in [-0.1, -0.05) is 24.3 Å². The molecule has 1 unspecified atom stereocenters. The Morgan fingerprint density at radius 2 is 1.95 bits per heavy atom. The number of carboxylic acids is 1. The van der Waals surface area contributed by atoms with Crippen molar-refractivity contribution in [1.29, 1.82) is 0 Å². The van der Waals surface area contributed by atoms with Gasteiger partial charge in [-0.3, -0.25) is 9.78 Å². The Bertz CT molecular complexity index is 604. The van der Waals surface area contributed by atoms with Crippen LogP contribution in [0.1, 0.15) is 11.3 Å². The van der Waals surface area contributed by atoms with Gasteiger partial charge in [0, 0.05) is 30.4 Å². The van der Waals surface area contributed by atoms with Crippen molar-refractivity contribution in [3.05, 3.63) is 65.7 Å². The van der Waals surface area contributed by atoms with Gasteiger partial charge in [-0.05, 0) is 18.2 Å². The third-order valence-corrected chi connectivity index (χ3v) is 3.36. The molecular formula is C15H15FN2O2. The van der Waals surface area contributed by atoms with Crippen molar-refractivity contribution in [2.24, 2.45) is 5.73 Å². The number of benzene rings is 1. The first-order valence-corrected chi connectivity index (χ1v) is 6.18. The van der Waals surface area contributed by atoms with Crippen LogP contribution in [-0.4, -0.2) is 22.6 Å². The number of hydrogen-bond donors (Lipinski definition) is 2. The van der Waals surface area contributed by atoms with E-state index in [4.69, 9.17) is 5.73 Å². The largest absolute Gasteiger partial charge is 0.481 e. The minimum absolute atomic E-state index is 0.0423. The number of carbonyl (C=O) groups is 1. The van der Waals surface area contributed by atoms with Gasteiger partial charge >= 0.3 is 5.97 Å². The minimum Gasteiger partial charge on any atom is -0.481 e. The van der Waals surface area contributed by atoms with Crippen LogP contribution < -0.4 is 5.73 Å². The van der Waals surface area contributed by atoms with Crippen LogP contribution in [0, 0.1) is 5.82 Å². The number of pyridine rings is 1. The Morgan fingerprint density at radius 3 is 2.50 bits per heavy atom. The minimum atomic E-state index is -1.51. The highest BCUT2D eigenvalue weighted by molar-refractivity contribution is 5.82. The predicted octanol–water partition coefficient (Wildman–Crippen LogP) is 1.74. The lowest BCUT2D eigenvalue weighted by Gasteiger charge is -2.28. The summed E-state index contributed by atoms with van der Waals surface area (Å²) in [6.07, 6.45) is 1.61. The van der Waals surface area contributed by atoms with E-state index in [-0.39, 0.29) is 18.5 Å². The first-order valence-electron chi connectivity index (χ1n) is 6.18. The van der Waals surface area contributed by atoms with Crippen molar-refractivity contribution in [2.45, 2.75) is 11.8 Å². The summed E-state index contributed by atoms with van der Waals surface area (Å²) < 4.78 is 14.0. The summed E-state index contributed by atoms with van der Waals surface area (Å²) in [5, 5.41) is 9.59. The monoisotopic (exact) mass is 274 g/mol. The second-order valence-corrected chi connectivity index (χ2v) is 4.57. The summed E-state index contributed by atoms with van der Waals surface area (Å²) in [7, 11) is 0. The fourth-order valence-electron chi connectivity index (χ4n) is 2.22. The van der Waals surface area contributed by atoms with Gasteiger partial charge in [0.2, 0.25) is 0 Å². The van der Waals surface area contributed by atoms with Crippen molar-refractivity contribution < 1.29 is 14.3 Å². The summed E-state index contributed by atoms with van der Waals surface area (Å²) in [4.78, 5) is 15.8. The second kappa shape index (κ2) is 5.79. The van der Waals surface area contributed by atoms with Gasteiger partial charge in [0.25, 0.3) is 0 Å². The van der Waals surface area contributed by atoms with E-state index in [1.165, 1.54) is 18.2 Å². The van der Waals surface area contributed by atoms with E-state index in [1.807, 2.05) is 0 Å². The number of hydrogen-bond acceptors (Lipinski definition) is 3. The zero-order chi connectivity index (χ0) is 14.6. The predicted molar refractivity (Wildman–Crippen MR) is 72.7 cm³/mol. The number of nitrogens with zero attached hydrogens (tertiary/aromatic N) is 1. The van der Waals surface area contributed by atoms with Crippen LogP contribution in [0.15, 0.2) is 48.7 Å². The first-order chi connectivity index (χ1) is 9.60. The smallest absolute Gasteiger partial charge is 0.315 e. The van der Waals surface area contributed by atoms with E-state index in [1.54, 1.807) is 30.5 Å². The standard InChI is InChI=1S/C15H15FN2O2/c16-13-7-2-1-6-12(13)15(10-17,14(19)20)9-11-5-3-4-8-18-11/h1-8H,9-10,17H2,(H,19,20). The van der Waals surface area contributed by atoms with Crippen molar-refractivity contribution in [3.63, 3.8) is 0 Å². The number of rotatable bonds is 5. The summed E-state index contributed by atoms with van der Waals surface area (Å²) in [5.41, 5.74) is 4.81. The Balaban J connectivity index is 2.51. The Morgan fingerprint density at radius 1 is 1.25 bits per heavy atom. The van der Waals surface area contributed by atoms with Gasteiger partial charge in [0.15, 0.2) is 0 Å². The van der Waals surface area contributed by atoms with Gasteiger partial charge in [-0.25, -0.2) is 4.39 Å². The molecule has 0 spiro atoms. The lowest BCUT2D eigenvalue weighted by atomic mass is 9.76. The Hall–Kier alpha value is -2.27. The molecule has 1 aromatic heterocycles. The molecule has 0 aliphatic heterocycles. The molecular weight excluding hydrogens is 259 g/mol.